The second-order valence-corrected chi connectivity index (χ2v) is 6.31. The SMILES string of the molecule is N#CCc1ccc(-n2c(O)c3c(c2O)[C@@H]2CC[C@H]3CC2=O)cc1. The van der Waals surface area contributed by atoms with Gasteiger partial charge in [0, 0.05) is 23.5 Å². The molecule has 2 bridgehead atoms. The first-order chi connectivity index (χ1) is 11.1. The smallest absolute Gasteiger partial charge is 0.202 e. The van der Waals surface area contributed by atoms with E-state index in [-0.39, 0.29) is 29.4 Å². The lowest BCUT2D eigenvalue weighted by atomic mass is 9.67. The van der Waals surface area contributed by atoms with E-state index in [1.54, 1.807) is 24.3 Å². The maximum absolute atomic E-state index is 12.1. The van der Waals surface area contributed by atoms with E-state index in [9.17, 15) is 15.0 Å². The van der Waals surface area contributed by atoms with Crippen LogP contribution in [0.3, 0.4) is 0 Å². The topological polar surface area (TPSA) is 86.2 Å². The van der Waals surface area contributed by atoms with E-state index in [4.69, 9.17) is 5.26 Å². The Balaban J connectivity index is 1.85. The Hall–Kier alpha value is -2.74. The highest BCUT2D eigenvalue weighted by Crippen LogP contribution is 2.55. The zero-order valence-corrected chi connectivity index (χ0v) is 12.5. The Kier molecular flexibility index (Phi) is 2.95. The molecular formula is C18H16N2O3. The van der Waals surface area contributed by atoms with Crippen LogP contribution >= 0.6 is 0 Å². The van der Waals surface area contributed by atoms with Crippen molar-refractivity contribution in [3.05, 3.63) is 41.0 Å². The molecule has 0 spiro atoms. The highest BCUT2D eigenvalue weighted by Gasteiger charge is 2.45. The van der Waals surface area contributed by atoms with Crippen LogP contribution < -0.4 is 0 Å². The van der Waals surface area contributed by atoms with Gasteiger partial charge in [0.25, 0.3) is 0 Å². The van der Waals surface area contributed by atoms with Gasteiger partial charge in [-0.25, -0.2) is 0 Å². The van der Waals surface area contributed by atoms with E-state index in [1.807, 2.05) is 0 Å². The van der Waals surface area contributed by atoms with Crippen molar-refractivity contribution in [2.45, 2.75) is 37.5 Å². The second kappa shape index (κ2) is 4.88. The number of Topliss-reactive ketones (excluding diaryl/α,β-unsaturated/α-hetero) is 1. The second-order valence-electron chi connectivity index (χ2n) is 6.31. The summed E-state index contributed by atoms with van der Waals surface area (Å²) in [6.07, 6.45) is 2.39. The lowest BCUT2D eigenvalue weighted by molar-refractivity contribution is -0.123. The Morgan fingerprint density at radius 3 is 2.48 bits per heavy atom. The van der Waals surface area contributed by atoms with Crippen molar-refractivity contribution >= 4 is 5.78 Å². The van der Waals surface area contributed by atoms with Gasteiger partial charge >= 0.3 is 0 Å². The van der Waals surface area contributed by atoms with Crippen LogP contribution in [-0.4, -0.2) is 20.6 Å². The van der Waals surface area contributed by atoms with Crippen molar-refractivity contribution in [2.24, 2.45) is 0 Å². The summed E-state index contributed by atoms with van der Waals surface area (Å²) in [6.45, 7) is 0. The molecule has 0 aliphatic heterocycles. The lowest BCUT2D eigenvalue weighted by Gasteiger charge is -2.34. The number of fused-ring (bicyclic) bond motifs is 2. The van der Waals surface area contributed by atoms with Crippen LogP contribution in [-0.2, 0) is 11.2 Å². The number of carbonyl (C=O) groups excluding carboxylic acids is 1. The van der Waals surface area contributed by atoms with Gasteiger partial charge < -0.3 is 10.2 Å². The fourth-order valence-corrected chi connectivity index (χ4v) is 3.99. The van der Waals surface area contributed by atoms with Crippen LogP contribution in [0.25, 0.3) is 5.69 Å². The van der Waals surface area contributed by atoms with Crippen molar-refractivity contribution < 1.29 is 15.0 Å². The van der Waals surface area contributed by atoms with Gasteiger partial charge in [-0.3, -0.25) is 9.36 Å². The third-order valence-corrected chi connectivity index (χ3v) is 5.07. The van der Waals surface area contributed by atoms with Crippen LogP contribution in [0.5, 0.6) is 11.8 Å². The van der Waals surface area contributed by atoms with Crippen LogP contribution in [0.4, 0.5) is 0 Å². The minimum Gasteiger partial charge on any atom is -0.494 e. The summed E-state index contributed by atoms with van der Waals surface area (Å²) in [5.74, 6) is -0.126. The van der Waals surface area contributed by atoms with E-state index < -0.39 is 0 Å². The molecule has 0 radical (unpaired) electrons. The molecular weight excluding hydrogens is 292 g/mol. The molecule has 5 rings (SSSR count). The van der Waals surface area contributed by atoms with E-state index in [0.717, 1.165) is 24.0 Å². The highest BCUT2D eigenvalue weighted by molar-refractivity contribution is 5.91. The van der Waals surface area contributed by atoms with Crippen molar-refractivity contribution in [1.82, 2.24) is 4.57 Å². The average molecular weight is 308 g/mol. The van der Waals surface area contributed by atoms with Gasteiger partial charge in [0.15, 0.2) is 0 Å². The first-order valence-electron chi connectivity index (χ1n) is 7.77. The summed E-state index contributed by atoms with van der Waals surface area (Å²) in [5, 5.41) is 30.0. The maximum atomic E-state index is 12.1. The fraction of sp³-hybridized carbons (Fsp3) is 0.333. The molecule has 3 aliphatic carbocycles. The molecule has 1 heterocycles. The number of nitriles is 1. The predicted molar refractivity (Wildman–Crippen MR) is 82.8 cm³/mol. The molecule has 0 saturated heterocycles. The number of rotatable bonds is 2. The molecule has 5 heteroatoms. The molecule has 23 heavy (non-hydrogen) atoms. The van der Waals surface area contributed by atoms with E-state index in [1.165, 1.54) is 4.57 Å². The minimum absolute atomic E-state index is 0.00696. The maximum Gasteiger partial charge on any atom is 0.202 e. The predicted octanol–water partition coefficient (Wildman–Crippen LogP) is 2.89. The van der Waals surface area contributed by atoms with Gasteiger partial charge in [-0.1, -0.05) is 12.1 Å². The van der Waals surface area contributed by atoms with Gasteiger partial charge in [0.2, 0.25) is 11.8 Å². The number of hydrogen-bond acceptors (Lipinski definition) is 4. The number of benzene rings is 1. The summed E-state index contributed by atoms with van der Waals surface area (Å²) in [5.41, 5.74) is 2.85. The number of aromatic hydroxyl groups is 2. The molecule has 1 aromatic heterocycles. The molecule has 1 fully saturated rings. The normalized spacial score (nSPS) is 22.0. The quantitative estimate of drug-likeness (QED) is 0.893. The number of carbonyl (C=O) groups is 1. The largest absolute Gasteiger partial charge is 0.494 e. The molecule has 0 amide bonds. The van der Waals surface area contributed by atoms with Crippen LogP contribution in [0.2, 0.25) is 0 Å². The molecule has 2 atom stereocenters. The van der Waals surface area contributed by atoms with Crippen molar-refractivity contribution in [2.75, 3.05) is 0 Å². The van der Waals surface area contributed by atoms with Crippen molar-refractivity contribution in [3.63, 3.8) is 0 Å². The number of aromatic nitrogens is 1. The first kappa shape index (κ1) is 13.9. The Morgan fingerprint density at radius 2 is 1.83 bits per heavy atom. The third kappa shape index (κ3) is 1.88. The zero-order chi connectivity index (χ0) is 16.1. The third-order valence-electron chi connectivity index (χ3n) is 5.07. The van der Waals surface area contributed by atoms with Gasteiger partial charge in [-0.15, -0.1) is 0 Å². The molecule has 1 aromatic carbocycles. The van der Waals surface area contributed by atoms with Crippen LogP contribution in [0.15, 0.2) is 24.3 Å². The fourth-order valence-electron chi connectivity index (χ4n) is 3.99. The lowest BCUT2D eigenvalue weighted by Crippen LogP contribution is -2.28. The summed E-state index contributed by atoms with van der Waals surface area (Å²) in [4.78, 5) is 12.1. The molecule has 5 nitrogen and oxygen atoms in total. The van der Waals surface area contributed by atoms with E-state index in [0.29, 0.717) is 24.1 Å². The Labute approximate surface area is 133 Å². The first-order valence-corrected chi connectivity index (χ1v) is 7.77. The summed E-state index contributed by atoms with van der Waals surface area (Å²) >= 11 is 0. The van der Waals surface area contributed by atoms with Gasteiger partial charge in [0.1, 0.15) is 5.78 Å². The molecule has 2 aromatic rings. The van der Waals surface area contributed by atoms with Crippen molar-refractivity contribution in [1.29, 1.82) is 5.26 Å². The summed E-state index contributed by atoms with van der Waals surface area (Å²) in [7, 11) is 0. The van der Waals surface area contributed by atoms with E-state index >= 15 is 0 Å². The van der Waals surface area contributed by atoms with Gasteiger partial charge in [-0.2, -0.15) is 5.26 Å². The number of ketones is 1. The van der Waals surface area contributed by atoms with Gasteiger partial charge in [-0.05, 0) is 36.5 Å². The Morgan fingerprint density at radius 1 is 1.13 bits per heavy atom. The average Bonchev–Trinajstić information content (AvgIpc) is 2.82. The number of hydrogen-bond donors (Lipinski definition) is 2. The van der Waals surface area contributed by atoms with Crippen LogP contribution in [0.1, 0.15) is 47.8 Å². The monoisotopic (exact) mass is 308 g/mol. The highest BCUT2D eigenvalue weighted by atomic mass is 16.3. The zero-order valence-electron chi connectivity index (χ0n) is 12.5. The Bertz CT molecular complexity index is 843. The molecule has 116 valence electrons. The summed E-state index contributed by atoms with van der Waals surface area (Å²) < 4.78 is 1.41. The molecule has 1 saturated carbocycles. The number of nitrogens with zero attached hydrogens (tertiary/aromatic N) is 2. The van der Waals surface area contributed by atoms with Crippen LogP contribution in [0, 0.1) is 11.3 Å². The molecule has 2 N–H and O–H groups in total. The van der Waals surface area contributed by atoms with E-state index in [2.05, 4.69) is 6.07 Å². The molecule has 0 unspecified atom stereocenters. The van der Waals surface area contributed by atoms with Gasteiger partial charge in [0.05, 0.1) is 18.2 Å². The summed E-state index contributed by atoms with van der Waals surface area (Å²) in [6, 6.07) is 9.22. The van der Waals surface area contributed by atoms with Crippen molar-refractivity contribution in [3.8, 4) is 23.5 Å². The minimum atomic E-state index is -0.292. The molecule has 3 aliphatic rings. The standard InChI is InChI=1S/C18H16N2O3/c19-8-7-10-1-4-12(5-2-10)20-17(22)15-11-3-6-13(14(21)9-11)16(15)18(20)23/h1-2,4-5,11,13,22-23H,3,6-7,9H2/t11-,13+/m0/s1.